The van der Waals surface area contributed by atoms with Crippen molar-refractivity contribution in [3.63, 3.8) is 0 Å². The van der Waals surface area contributed by atoms with Crippen LogP contribution < -0.4 is 4.90 Å². The van der Waals surface area contributed by atoms with E-state index in [1.807, 2.05) is 6.07 Å². The zero-order valence-electron chi connectivity index (χ0n) is 11.9. The van der Waals surface area contributed by atoms with Gasteiger partial charge in [0.1, 0.15) is 5.82 Å². The molecule has 0 bridgehead atoms. The Kier molecular flexibility index (Phi) is 3.94. The number of ether oxygens (including phenoxy) is 1. The molecule has 3 atom stereocenters. The van der Waals surface area contributed by atoms with E-state index in [2.05, 4.69) is 4.90 Å². The number of aliphatic hydroxyl groups excluding tert-OH is 1. The summed E-state index contributed by atoms with van der Waals surface area (Å²) in [5, 5.41) is 9.54. The summed E-state index contributed by atoms with van der Waals surface area (Å²) in [5.74, 6) is -0.241. The molecule has 1 heterocycles. The molecule has 0 amide bonds. The molecule has 0 spiro atoms. The number of fused-ring (bicyclic) bond motifs is 1. The first-order chi connectivity index (χ1) is 9.66. The SMILES string of the molecule is CC(O)c1ccc(N2CCOC3CCCCC32)c(F)c1. The number of hydrogen-bond donors (Lipinski definition) is 1. The van der Waals surface area contributed by atoms with E-state index in [9.17, 15) is 9.50 Å². The third-order valence-electron chi connectivity index (χ3n) is 4.50. The van der Waals surface area contributed by atoms with Crippen molar-refractivity contribution in [2.24, 2.45) is 0 Å². The zero-order chi connectivity index (χ0) is 14.1. The van der Waals surface area contributed by atoms with E-state index in [-0.39, 0.29) is 11.9 Å². The largest absolute Gasteiger partial charge is 0.389 e. The Morgan fingerprint density at radius 3 is 2.90 bits per heavy atom. The van der Waals surface area contributed by atoms with Gasteiger partial charge in [-0.1, -0.05) is 18.9 Å². The molecule has 1 aliphatic carbocycles. The molecule has 3 unspecified atom stereocenters. The summed E-state index contributed by atoms with van der Waals surface area (Å²) in [7, 11) is 0. The van der Waals surface area contributed by atoms with Gasteiger partial charge in [0.15, 0.2) is 0 Å². The van der Waals surface area contributed by atoms with Gasteiger partial charge in [-0.05, 0) is 37.5 Å². The van der Waals surface area contributed by atoms with Crippen molar-refractivity contribution in [1.82, 2.24) is 0 Å². The van der Waals surface area contributed by atoms with Gasteiger partial charge in [0.05, 0.1) is 30.5 Å². The fourth-order valence-electron chi connectivity index (χ4n) is 3.41. The maximum Gasteiger partial charge on any atom is 0.146 e. The predicted molar refractivity (Wildman–Crippen MR) is 76.4 cm³/mol. The summed E-state index contributed by atoms with van der Waals surface area (Å²) in [5.41, 5.74) is 1.27. The highest BCUT2D eigenvalue weighted by atomic mass is 19.1. The lowest BCUT2D eigenvalue weighted by Crippen LogP contribution is -2.53. The third kappa shape index (κ3) is 2.54. The molecule has 1 aromatic carbocycles. The molecular weight excluding hydrogens is 257 g/mol. The number of anilines is 1. The average Bonchev–Trinajstić information content (AvgIpc) is 2.46. The van der Waals surface area contributed by atoms with Crippen molar-refractivity contribution in [3.8, 4) is 0 Å². The molecule has 0 radical (unpaired) electrons. The highest BCUT2D eigenvalue weighted by molar-refractivity contribution is 5.51. The lowest BCUT2D eigenvalue weighted by Gasteiger charge is -2.45. The van der Waals surface area contributed by atoms with Crippen LogP contribution in [0.4, 0.5) is 10.1 Å². The number of morpholine rings is 1. The minimum Gasteiger partial charge on any atom is -0.389 e. The number of aliphatic hydroxyl groups is 1. The van der Waals surface area contributed by atoms with E-state index >= 15 is 0 Å². The predicted octanol–water partition coefficient (Wildman–Crippen LogP) is 3.03. The second kappa shape index (κ2) is 5.70. The van der Waals surface area contributed by atoms with Crippen LogP contribution >= 0.6 is 0 Å². The molecular formula is C16H22FNO2. The van der Waals surface area contributed by atoms with Gasteiger partial charge in [0, 0.05) is 6.54 Å². The maximum atomic E-state index is 14.4. The van der Waals surface area contributed by atoms with Crippen molar-refractivity contribution >= 4 is 5.69 Å². The molecule has 2 fully saturated rings. The van der Waals surface area contributed by atoms with E-state index in [4.69, 9.17) is 4.74 Å². The Morgan fingerprint density at radius 1 is 1.35 bits per heavy atom. The summed E-state index contributed by atoms with van der Waals surface area (Å²) in [4.78, 5) is 2.16. The molecule has 1 saturated heterocycles. The highest BCUT2D eigenvalue weighted by Crippen LogP contribution is 2.33. The van der Waals surface area contributed by atoms with Crippen LogP contribution in [-0.4, -0.2) is 30.4 Å². The zero-order valence-corrected chi connectivity index (χ0v) is 11.9. The number of hydrogen-bond acceptors (Lipinski definition) is 3. The van der Waals surface area contributed by atoms with Gasteiger partial charge < -0.3 is 14.7 Å². The van der Waals surface area contributed by atoms with Crippen LogP contribution in [-0.2, 0) is 4.74 Å². The molecule has 3 rings (SSSR count). The number of nitrogens with zero attached hydrogens (tertiary/aromatic N) is 1. The molecule has 4 heteroatoms. The van der Waals surface area contributed by atoms with Crippen LogP contribution in [0, 0.1) is 5.82 Å². The Labute approximate surface area is 119 Å². The summed E-state index contributed by atoms with van der Waals surface area (Å²) in [6, 6.07) is 5.36. The summed E-state index contributed by atoms with van der Waals surface area (Å²) in [6.07, 6.45) is 4.16. The lowest BCUT2D eigenvalue weighted by atomic mass is 9.89. The summed E-state index contributed by atoms with van der Waals surface area (Å²) in [6.45, 7) is 3.06. The number of rotatable bonds is 2. The van der Waals surface area contributed by atoms with Gasteiger partial charge in [0.2, 0.25) is 0 Å². The van der Waals surface area contributed by atoms with E-state index in [0.29, 0.717) is 23.9 Å². The summed E-state index contributed by atoms with van der Waals surface area (Å²) >= 11 is 0. The van der Waals surface area contributed by atoms with Crippen molar-refractivity contribution in [2.45, 2.75) is 50.9 Å². The molecule has 1 aromatic rings. The minimum absolute atomic E-state index is 0.241. The Balaban J connectivity index is 1.87. The monoisotopic (exact) mass is 279 g/mol. The van der Waals surface area contributed by atoms with Gasteiger partial charge in [0.25, 0.3) is 0 Å². The van der Waals surface area contributed by atoms with Crippen molar-refractivity contribution < 1.29 is 14.2 Å². The van der Waals surface area contributed by atoms with Crippen LogP contribution in [0.2, 0.25) is 0 Å². The van der Waals surface area contributed by atoms with Crippen LogP contribution in [0.1, 0.15) is 44.3 Å². The first kappa shape index (κ1) is 13.8. The van der Waals surface area contributed by atoms with Gasteiger partial charge in [-0.15, -0.1) is 0 Å². The molecule has 1 aliphatic heterocycles. The molecule has 20 heavy (non-hydrogen) atoms. The highest BCUT2D eigenvalue weighted by Gasteiger charge is 2.35. The van der Waals surface area contributed by atoms with E-state index in [0.717, 1.165) is 19.4 Å². The fourth-order valence-corrected chi connectivity index (χ4v) is 3.41. The first-order valence-electron chi connectivity index (χ1n) is 7.52. The lowest BCUT2D eigenvalue weighted by molar-refractivity contribution is -0.00891. The Bertz CT molecular complexity index is 476. The standard InChI is InChI=1S/C16H22FNO2/c1-11(19)12-6-7-14(13(17)10-12)18-8-9-20-16-5-3-2-4-15(16)18/h6-7,10-11,15-16,19H,2-5,8-9H2,1H3. The number of halogens is 1. The Morgan fingerprint density at radius 2 is 2.15 bits per heavy atom. The van der Waals surface area contributed by atoms with Crippen LogP contribution in [0.25, 0.3) is 0 Å². The molecule has 0 aromatic heterocycles. The second-order valence-electron chi connectivity index (χ2n) is 5.84. The number of benzene rings is 1. The van der Waals surface area contributed by atoms with Crippen LogP contribution in [0.3, 0.4) is 0 Å². The van der Waals surface area contributed by atoms with Crippen LogP contribution in [0.15, 0.2) is 18.2 Å². The Hall–Kier alpha value is -1.13. The molecule has 2 aliphatic rings. The quantitative estimate of drug-likeness (QED) is 0.903. The van der Waals surface area contributed by atoms with Gasteiger partial charge in [-0.2, -0.15) is 0 Å². The van der Waals surface area contributed by atoms with E-state index in [1.165, 1.54) is 18.9 Å². The second-order valence-corrected chi connectivity index (χ2v) is 5.84. The smallest absolute Gasteiger partial charge is 0.146 e. The van der Waals surface area contributed by atoms with Gasteiger partial charge >= 0.3 is 0 Å². The normalized spacial score (nSPS) is 28.1. The third-order valence-corrected chi connectivity index (χ3v) is 4.50. The fraction of sp³-hybridized carbons (Fsp3) is 0.625. The minimum atomic E-state index is -0.634. The van der Waals surface area contributed by atoms with Crippen molar-refractivity contribution in [2.75, 3.05) is 18.1 Å². The average molecular weight is 279 g/mol. The van der Waals surface area contributed by atoms with Crippen LogP contribution in [0.5, 0.6) is 0 Å². The van der Waals surface area contributed by atoms with E-state index in [1.54, 1.807) is 13.0 Å². The van der Waals surface area contributed by atoms with Gasteiger partial charge in [-0.25, -0.2) is 4.39 Å². The van der Waals surface area contributed by atoms with E-state index < -0.39 is 6.10 Å². The van der Waals surface area contributed by atoms with Crippen molar-refractivity contribution in [1.29, 1.82) is 0 Å². The molecule has 3 nitrogen and oxygen atoms in total. The first-order valence-corrected chi connectivity index (χ1v) is 7.52. The molecule has 110 valence electrons. The van der Waals surface area contributed by atoms with Gasteiger partial charge in [-0.3, -0.25) is 0 Å². The molecule has 1 saturated carbocycles. The summed E-state index contributed by atoms with van der Waals surface area (Å²) < 4.78 is 20.2. The maximum absolute atomic E-state index is 14.4. The topological polar surface area (TPSA) is 32.7 Å². The van der Waals surface area contributed by atoms with Crippen molar-refractivity contribution in [3.05, 3.63) is 29.6 Å². The molecule has 1 N–H and O–H groups in total.